The summed E-state index contributed by atoms with van der Waals surface area (Å²) in [6.07, 6.45) is 0. The fourth-order valence-electron chi connectivity index (χ4n) is 2.25. The van der Waals surface area contributed by atoms with Gasteiger partial charge in [0.2, 0.25) is 0 Å². The molecule has 7 N–H and O–H groups in total. The maximum Gasteiger partial charge on any atom is 0.291 e. The highest BCUT2D eigenvalue weighted by atomic mass is 35.5. The summed E-state index contributed by atoms with van der Waals surface area (Å²) in [5.74, 6) is -0.325. The number of nitrogen functional groups attached to an aromatic ring is 2. The molecule has 128 valence electrons. The molecule has 25 heavy (non-hydrogen) atoms. The second-order valence-corrected chi connectivity index (χ2v) is 5.22. The summed E-state index contributed by atoms with van der Waals surface area (Å²) >= 11 is 0. The lowest BCUT2D eigenvalue weighted by atomic mass is 10.1. The number of halogens is 1. The van der Waals surface area contributed by atoms with Gasteiger partial charge in [0.15, 0.2) is 5.76 Å². The minimum absolute atomic E-state index is 0. The van der Waals surface area contributed by atoms with E-state index < -0.39 is 5.91 Å². The number of rotatable bonds is 4. The number of nitrogens with one attached hydrogen (secondary N) is 3. The summed E-state index contributed by atoms with van der Waals surface area (Å²) in [4.78, 5) is 12.3. The number of furan rings is 1. The number of hydrogen-bond acceptors (Lipinski definition) is 4. The van der Waals surface area contributed by atoms with Crippen molar-refractivity contribution in [3.63, 3.8) is 0 Å². The Balaban J connectivity index is 0.00000225. The van der Waals surface area contributed by atoms with Crippen molar-refractivity contribution in [2.24, 2.45) is 11.5 Å². The lowest BCUT2D eigenvalue weighted by Gasteiger charge is -2.04. The van der Waals surface area contributed by atoms with Crippen LogP contribution in [-0.2, 0) is 0 Å². The van der Waals surface area contributed by atoms with Gasteiger partial charge in [-0.15, -0.1) is 12.4 Å². The van der Waals surface area contributed by atoms with Gasteiger partial charge in [-0.1, -0.05) is 0 Å². The Bertz CT molecular complexity index is 963. The summed E-state index contributed by atoms with van der Waals surface area (Å²) in [5.41, 5.74) is 13.1. The van der Waals surface area contributed by atoms with E-state index in [-0.39, 0.29) is 29.8 Å². The van der Waals surface area contributed by atoms with Gasteiger partial charge in [-0.25, -0.2) is 0 Å². The Morgan fingerprint density at radius 1 is 0.920 bits per heavy atom. The van der Waals surface area contributed by atoms with Gasteiger partial charge in [0.1, 0.15) is 17.3 Å². The first kappa shape index (κ1) is 18.0. The van der Waals surface area contributed by atoms with E-state index in [4.69, 9.17) is 26.7 Å². The molecule has 3 aromatic rings. The zero-order chi connectivity index (χ0) is 17.3. The molecule has 1 amide bonds. The molecule has 7 nitrogen and oxygen atoms in total. The highest BCUT2D eigenvalue weighted by Gasteiger charge is 2.13. The number of anilines is 1. The van der Waals surface area contributed by atoms with Gasteiger partial charge in [0, 0.05) is 22.2 Å². The number of carbonyl (C=O) groups excluding carboxylic acids is 1. The third kappa shape index (κ3) is 3.78. The van der Waals surface area contributed by atoms with Gasteiger partial charge in [-0.05, 0) is 48.5 Å². The Morgan fingerprint density at radius 2 is 1.52 bits per heavy atom. The Morgan fingerprint density at radius 3 is 2.12 bits per heavy atom. The third-order valence-electron chi connectivity index (χ3n) is 3.50. The van der Waals surface area contributed by atoms with Crippen LogP contribution in [0.2, 0.25) is 0 Å². The third-order valence-corrected chi connectivity index (χ3v) is 3.50. The van der Waals surface area contributed by atoms with Gasteiger partial charge < -0.3 is 21.2 Å². The van der Waals surface area contributed by atoms with Crippen LogP contribution in [0.25, 0.3) is 11.0 Å². The summed E-state index contributed by atoms with van der Waals surface area (Å²) in [6, 6.07) is 13.2. The summed E-state index contributed by atoms with van der Waals surface area (Å²) in [6.45, 7) is 0. The standard InChI is InChI=1S/C17H15N5O2.ClH/c18-15(19)9-1-4-12(5-2-9)22-17(23)14-8-11-7-10(16(20)21)3-6-13(11)24-14;/h1-8H,(H3,18,19)(H3,20,21)(H,22,23);1H. The molecule has 8 heteroatoms. The van der Waals surface area contributed by atoms with Crippen molar-refractivity contribution in [3.8, 4) is 0 Å². The van der Waals surface area contributed by atoms with Crippen LogP contribution in [0, 0.1) is 10.8 Å². The molecule has 0 aliphatic rings. The van der Waals surface area contributed by atoms with Gasteiger partial charge in [-0.2, -0.15) is 0 Å². The number of carbonyl (C=O) groups is 1. The highest BCUT2D eigenvalue weighted by molar-refractivity contribution is 6.06. The fraction of sp³-hybridized carbons (Fsp3) is 0. The van der Waals surface area contributed by atoms with E-state index in [1.165, 1.54) is 0 Å². The number of nitrogens with two attached hydrogens (primary N) is 2. The van der Waals surface area contributed by atoms with Gasteiger partial charge in [-0.3, -0.25) is 15.6 Å². The molecule has 0 saturated heterocycles. The largest absolute Gasteiger partial charge is 0.451 e. The van der Waals surface area contributed by atoms with Crippen LogP contribution < -0.4 is 16.8 Å². The van der Waals surface area contributed by atoms with Crippen molar-refractivity contribution in [1.82, 2.24) is 0 Å². The molecular weight excluding hydrogens is 342 g/mol. The van der Waals surface area contributed by atoms with Crippen LogP contribution in [0.1, 0.15) is 21.7 Å². The molecule has 0 aliphatic heterocycles. The molecule has 3 rings (SSSR count). The Labute approximate surface area is 149 Å². The van der Waals surface area contributed by atoms with E-state index >= 15 is 0 Å². The van der Waals surface area contributed by atoms with Crippen molar-refractivity contribution in [3.05, 3.63) is 65.4 Å². The van der Waals surface area contributed by atoms with E-state index in [1.54, 1.807) is 48.5 Å². The van der Waals surface area contributed by atoms with Crippen LogP contribution in [0.15, 0.2) is 52.9 Å². The van der Waals surface area contributed by atoms with Crippen LogP contribution >= 0.6 is 12.4 Å². The Kier molecular flexibility index (Phi) is 5.09. The molecule has 0 unspecified atom stereocenters. The second kappa shape index (κ2) is 7.06. The molecular formula is C17H16ClN5O2. The second-order valence-electron chi connectivity index (χ2n) is 5.22. The van der Waals surface area contributed by atoms with E-state index in [0.29, 0.717) is 27.8 Å². The molecule has 0 aliphatic carbocycles. The smallest absolute Gasteiger partial charge is 0.291 e. The average molecular weight is 358 g/mol. The van der Waals surface area contributed by atoms with Crippen LogP contribution in [0.5, 0.6) is 0 Å². The molecule has 0 saturated carbocycles. The summed E-state index contributed by atoms with van der Waals surface area (Å²) in [5, 5.41) is 18.2. The number of amidine groups is 2. The van der Waals surface area contributed by atoms with Gasteiger partial charge >= 0.3 is 0 Å². The van der Waals surface area contributed by atoms with Crippen molar-refractivity contribution in [1.29, 1.82) is 10.8 Å². The highest BCUT2D eigenvalue weighted by Crippen LogP contribution is 2.22. The van der Waals surface area contributed by atoms with Crippen molar-refractivity contribution < 1.29 is 9.21 Å². The molecule has 1 aromatic heterocycles. The molecule has 1 heterocycles. The molecule has 0 atom stereocenters. The summed E-state index contributed by atoms with van der Waals surface area (Å²) < 4.78 is 5.52. The molecule has 0 fully saturated rings. The van der Waals surface area contributed by atoms with Crippen molar-refractivity contribution >= 4 is 46.6 Å². The number of hydrogen-bond donors (Lipinski definition) is 5. The predicted octanol–water partition coefficient (Wildman–Crippen LogP) is 2.68. The SMILES string of the molecule is Cl.N=C(N)c1ccc(NC(=O)c2cc3cc(C(=N)N)ccc3o2)cc1. The van der Waals surface area contributed by atoms with E-state index in [9.17, 15) is 4.79 Å². The van der Waals surface area contributed by atoms with Crippen molar-refractivity contribution in [2.75, 3.05) is 5.32 Å². The molecule has 0 bridgehead atoms. The first-order valence-corrected chi connectivity index (χ1v) is 7.08. The maximum absolute atomic E-state index is 12.3. The lowest BCUT2D eigenvalue weighted by Crippen LogP contribution is -2.13. The van der Waals surface area contributed by atoms with Crippen LogP contribution in [0.3, 0.4) is 0 Å². The number of fused-ring (bicyclic) bond motifs is 1. The monoisotopic (exact) mass is 357 g/mol. The maximum atomic E-state index is 12.3. The van der Waals surface area contributed by atoms with E-state index in [0.717, 1.165) is 0 Å². The molecule has 0 radical (unpaired) electrons. The van der Waals surface area contributed by atoms with Gasteiger partial charge in [0.25, 0.3) is 5.91 Å². The van der Waals surface area contributed by atoms with E-state index in [2.05, 4.69) is 5.32 Å². The topological polar surface area (TPSA) is 142 Å². The van der Waals surface area contributed by atoms with Crippen LogP contribution in [-0.4, -0.2) is 17.6 Å². The molecule has 2 aromatic carbocycles. The number of benzene rings is 2. The number of amides is 1. The van der Waals surface area contributed by atoms with E-state index in [1.807, 2.05) is 0 Å². The quantitative estimate of drug-likeness (QED) is 0.361. The normalized spacial score (nSPS) is 10.1. The lowest BCUT2D eigenvalue weighted by molar-refractivity contribution is 0.0998. The fourth-order valence-corrected chi connectivity index (χ4v) is 2.25. The Hall–Kier alpha value is -3.32. The minimum Gasteiger partial charge on any atom is -0.451 e. The predicted molar refractivity (Wildman–Crippen MR) is 99.9 cm³/mol. The van der Waals surface area contributed by atoms with Crippen LogP contribution in [0.4, 0.5) is 5.69 Å². The van der Waals surface area contributed by atoms with Crippen molar-refractivity contribution in [2.45, 2.75) is 0 Å². The summed E-state index contributed by atoms with van der Waals surface area (Å²) in [7, 11) is 0. The van der Waals surface area contributed by atoms with Gasteiger partial charge in [0.05, 0.1) is 0 Å². The molecule has 0 spiro atoms. The minimum atomic E-state index is -0.397. The zero-order valence-corrected chi connectivity index (χ0v) is 13.8. The zero-order valence-electron chi connectivity index (χ0n) is 13.0. The first-order valence-electron chi connectivity index (χ1n) is 7.08. The average Bonchev–Trinajstić information content (AvgIpc) is 2.98. The first-order chi connectivity index (χ1) is 11.4.